The molecule has 0 saturated carbocycles. The monoisotopic (exact) mass is 204 g/mol. The first-order valence-electron chi connectivity index (χ1n) is 4.19. The first-order chi connectivity index (χ1) is 6.45. The predicted molar refractivity (Wildman–Crippen MR) is 51.0 cm³/mol. The largest absolute Gasteiger partial charge is 0.481 e. The number of rotatable bonds is 5. The highest BCUT2D eigenvalue weighted by atomic mass is 16.4. The van der Waals surface area contributed by atoms with Crippen LogP contribution in [0.5, 0.6) is 0 Å². The van der Waals surface area contributed by atoms with Gasteiger partial charge in [-0.15, -0.1) is 0 Å². The maximum absolute atomic E-state index is 9.87. The third kappa shape index (κ3) is 13.2. The highest BCUT2D eigenvalue weighted by Gasteiger charge is 2.07. The Morgan fingerprint density at radius 3 is 1.86 bits per heavy atom. The fourth-order valence-corrected chi connectivity index (χ4v) is 0.416. The molecule has 0 aliphatic heterocycles. The maximum Gasteiger partial charge on any atom is 0.331 e. The minimum Gasteiger partial charge on any atom is -0.481 e. The molecule has 0 atom stereocenters. The third-order valence-corrected chi connectivity index (χ3v) is 1.18. The molecule has 0 rings (SSSR count). The van der Waals surface area contributed by atoms with Crippen LogP contribution in [0.3, 0.4) is 0 Å². The fraction of sp³-hybridized carbons (Fsp3) is 0.556. The Labute approximate surface area is 82.7 Å². The molecule has 0 bridgehead atoms. The first kappa shape index (κ1) is 15.1. The number of aliphatic carboxylic acids is 2. The Morgan fingerprint density at radius 2 is 1.79 bits per heavy atom. The van der Waals surface area contributed by atoms with Gasteiger partial charge in [-0.25, -0.2) is 4.79 Å². The van der Waals surface area contributed by atoms with Crippen molar-refractivity contribution >= 4 is 11.9 Å². The van der Waals surface area contributed by atoms with E-state index in [1.165, 1.54) is 0 Å². The van der Waals surface area contributed by atoms with E-state index in [-0.39, 0.29) is 5.57 Å². The molecule has 0 aromatic carbocycles. The standard InChI is InChI=1S/C5H6O4.C4H10O/c1-3(5(8)9)2-4(6)7;1-2-3-4-5/h1-2H2,(H,6,7)(H,8,9);5H,2-4H2,1H3. The van der Waals surface area contributed by atoms with Crippen molar-refractivity contribution in [3.63, 3.8) is 0 Å². The smallest absolute Gasteiger partial charge is 0.331 e. The molecule has 82 valence electrons. The van der Waals surface area contributed by atoms with Gasteiger partial charge in [-0.1, -0.05) is 19.9 Å². The van der Waals surface area contributed by atoms with Gasteiger partial charge in [0.25, 0.3) is 0 Å². The van der Waals surface area contributed by atoms with E-state index in [1.54, 1.807) is 0 Å². The molecule has 0 aromatic heterocycles. The van der Waals surface area contributed by atoms with E-state index in [1.807, 2.05) is 0 Å². The fourth-order valence-electron chi connectivity index (χ4n) is 0.416. The number of unbranched alkanes of at least 4 members (excludes halogenated alkanes) is 1. The third-order valence-electron chi connectivity index (χ3n) is 1.18. The van der Waals surface area contributed by atoms with Crippen molar-refractivity contribution in [2.24, 2.45) is 0 Å². The molecule has 0 radical (unpaired) electrons. The number of carboxylic acid groups (broad SMARTS) is 2. The Bertz CT molecular complexity index is 195. The van der Waals surface area contributed by atoms with Crippen LogP contribution >= 0.6 is 0 Å². The summed E-state index contributed by atoms with van der Waals surface area (Å²) in [5.41, 5.74) is -0.303. The van der Waals surface area contributed by atoms with Gasteiger partial charge in [0, 0.05) is 12.2 Å². The quantitative estimate of drug-likeness (QED) is 0.578. The van der Waals surface area contributed by atoms with E-state index in [0.29, 0.717) is 6.61 Å². The van der Waals surface area contributed by atoms with Gasteiger partial charge in [0.2, 0.25) is 0 Å². The summed E-state index contributed by atoms with van der Waals surface area (Å²) in [5, 5.41) is 24.1. The second-order valence-corrected chi connectivity index (χ2v) is 2.56. The SMILES string of the molecule is C=C(CC(=O)O)C(=O)O.CCCCO. The lowest BCUT2D eigenvalue weighted by Gasteiger charge is -1.91. The van der Waals surface area contributed by atoms with E-state index in [4.69, 9.17) is 15.3 Å². The number of carboxylic acids is 2. The summed E-state index contributed by atoms with van der Waals surface area (Å²) in [6.07, 6.45) is 1.53. The number of carbonyl (C=O) groups is 2. The van der Waals surface area contributed by atoms with Crippen molar-refractivity contribution in [1.29, 1.82) is 0 Å². The minimum atomic E-state index is -1.27. The molecule has 5 nitrogen and oxygen atoms in total. The average molecular weight is 204 g/mol. The lowest BCUT2D eigenvalue weighted by molar-refractivity contribution is -0.139. The maximum atomic E-state index is 9.87. The second kappa shape index (κ2) is 9.73. The van der Waals surface area contributed by atoms with Crippen LogP contribution in [0, 0.1) is 0 Å². The summed E-state index contributed by atoms with van der Waals surface area (Å²) in [6, 6.07) is 0. The summed E-state index contributed by atoms with van der Waals surface area (Å²) in [6.45, 7) is 5.41. The zero-order valence-electron chi connectivity index (χ0n) is 8.19. The molecule has 0 heterocycles. The van der Waals surface area contributed by atoms with E-state index in [2.05, 4.69) is 13.5 Å². The van der Waals surface area contributed by atoms with Crippen LogP contribution in [0.15, 0.2) is 12.2 Å². The van der Waals surface area contributed by atoms with E-state index in [0.717, 1.165) is 12.8 Å². The van der Waals surface area contributed by atoms with Crippen molar-refractivity contribution in [2.75, 3.05) is 6.61 Å². The number of hydrogen-bond donors (Lipinski definition) is 3. The van der Waals surface area contributed by atoms with Crippen LogP contribution in [0.4, 0.5) is 0 Å². The molecule has 0 aliphatic carbocycles. The molecular weight excluding hydrogens is 188 g/mol. The van der Waals surface area contributed by atoms with Gasteiger partial charge < -0.3 is 15.3 Å². The average Bonchev–Trinajstić information content (AvgIpc) is 2.05. The summed E-state index contributed by atoms with van der Waals surface area (Å²) in [5.74, 6) is -2.44. The van der Waals surface area contributed by atoms with Crippen LogP contribution in [-0.2, 0) is 9.59 Å². The highest BCUT2D eigenvalue weighted by Crippen LogP contribution is 1.95. The lowest BCUT2D eigenvalue weighted by Crippen LogP contribution is -2.04. The van der Waals surface area contributed by atoms with Crippen LogP contribution in [0.25, 0.3) is 0 Å². The van der Waals surface area contributed by atoms with Gasteiger partial charge in [0.15, 0.2) is 0 Å². The number of hydrogen-bond acceptors (Lipinski definition) is 3. The van der Waals surface area contributed by atoms with Crippen LogP contribution in [-0.4, -0.2) is 33.9 Å². The zero-order valence-corrected chi connectivity index (χ0v) is 8.19. The highest BCUT2D eigenvalue weighted by molar-refractivity contribution is 5.91. The number of aliphatic hydroxyl groups excluding tert-OH is 1. The molecule has 0 spiro atoms. The van der Waals surface area contributed by atoms with Crippen molar-refractivity contribution in [1.82, 2.24) is 0 Å². The van der Waals surface area contributed by atoms with Crippen LogP contribution in [0.1, 0.15) is 26.2 Å². The van der Waals surface area contributed by atoms with Gasteiger partial charge >= 0.3 is 11.9 Å². The Hall–Kier alpha value is -1.36. The summed E-state index contributed by atoms with van der Waals surface area (Å²) < 4.78 is 0. The summed E-state index contributed by atoms with van der Waals surface area (Å²) >= 11 is 0. The molecule has 0 amide bonds. The van der Waals surface area contributed by atoms with Crippen molar-refractivity contribution in [3.05, 3.63) is 12.2 Å². The molecule has 5 heteroatoms. The normalized spacial score (nSPS) is 8.43. The molecule has 3 N–H and O–H groups in total. The van der Waals surface area contributed by atoms with Gasteiger partial charge in [-0.3, -0.25) is 4.79 Å². The molecule has 0 unspecified atom stereocenters. The summed E-state index contributed by atoms with van der Waals surface area (Å²) in [7, 11) is 0. The minimum absolute atomic E-state index is 0.303. The summed E-state index contributed by atoms with van der Waals surface area (Å²) in [4.78, 5) is 19.7. The number of aliphatic hydroxyl groups is 1. The molecule has 0 fully saturated rings. The Balaban J connectivity index is 0. The molecule has 0 aromatic rings. The van der Waals surface area contributed by atoms with E-state index >= 15 is 0 Å². The lowest BCUT2D eigenvalue weighted by atomic mass is 10.2. The van der Waals surface area contributed by atoms with Crippen LogP contribution < -0.4 is 0 Å². The Kier molecular flexibility index (Phi) is 10.5. The van der Waals surface area contributed by atoms with Crippen LogP contribution in [0.2, 0.25) is 0 Å². The predicted octanol–water partition coefficient (Wildman–Crippen LogP) is 0.881. The van der Waals surface area contributed by atoms with E-state index in [9.17, 15) is 9.59 Å². The zero-order chi connectivity index (χ0) is 11.6. The van der Waals surface area contributed by atoms with Crippen molar-refractivity contribution < 1.29 is 24.9 Å². The van der Waals surface area contributed by atoms with Gasteiger partial charge in [-0.2, -0.15) is 0 Å². The van der Waals surface area contributed by atoms with Crippen molar-refractivity contribution in [2.45, 2.75) is 26.2 Å². The Morgan fingerprint density at radius 1 is 1.29 bits per heavy atom. The molecule has 0 aliphatic rings. The topological polar surface area (TPSA) is 94.8 Å². The van der Waals surface area contributed by atoms with Gasteiger partial charge in [0.05, 0.1) is 6.42 Å². The first-order valence-corrected chi connectivity index (χ1v) is 4.19. The van der Waals surface area contributed by atoms with E-state index < -0.39 is 18.4 Å². The molecular formula is C9H16O5. The van der Waals surface area contributed by atoms with Crippen molar-refractivity contribution in [3.8, 4) is 0 Å². The molecule has 0 saturated heterocycles. The van der Waals surface area contributed by atoms with Gasteiger partial charge in [-0.05, 0) is 6.42 Å². The second-order valence-electron chi connectivity index (χ2n) is 2.56. The molecule has 14 heavy (non-hydrogen) atoms. The van der Waals surface area contributed by atoms with Gasteiger partial charge in [0.1, 0.15) is 0 Å².